The second kappa shape index (κ2) is 6.23. The van der Waals surface area contributed by atoms with E-state index in [2.05, 4.69) is 68.5 Å². The minimum Gasteiger partial charge on any atom is -0.337 e. The molecule has 21 heavy (non-hydrogen) atoms. The highest BCUT2D eigenvalue weighted by Crippen LogP contribution is 2.20. The molecular weight excluding hydrogens is 400 g/mol. The van der Waals surface area contributed by atoms with Crippen LogP contribution in [0.2, 0.25) is 0 Å². The highest BCUT2D eigenvalue weighted by Gasteiger charge is 2.26. The number of aromatic nitrogens is 4. The van der Waals surface area contributed by atoms with E-state index in [-0.39, 0.29) is 0 Å². The van der Waals surface area contributed by atoms with E-state index in [9.17, 15) is 0 Å². The molecule has 2 aromatic rings. The maximum Gasteiger partial charge on any atom is 0.225 e. The summed E-state index contributed by atoms with van der Waals surface area (Å²) in [5.74, 6) is 1.53. The van der Waals surface area contributed by atoms with E-state index in [0.717, 1.165) is 40.5 Å². The van der Waals surface area contributed by atoms with Crippen LogP contribution in [0, 0.1) is 0 Å². The molecule has 8 heteroatoms. The normalized spacial score (nSPS) is 18.9. The van der Waals surface area contributed by atoms with E-state index < -0.39 is 0 Å². The fraction of sp³-hybridized carbons (Fsp3) is 0.385. The molecule has 0 saturated carbocycles. The number of rotatable bonds is 2. The number of anilines is 2. The first-order chi connectivity index (χ1) is 10.1. The zero-order valence-corrected chi connectivity index (χ0v) is 14.6. The maximum absolute atomic E-state index is 4.37. The molecule has 0 bridgehead atoms. The van der Waals surface area contributed by atoms with E-state index in [1.54, 1.807) is 24.8 Å². The van der Waals surface area contributed by atoms with Gasteiger partial charge in [-0.1, -0.05) is 0 Å². The number of hydrogen-bond donors (Lipinski definition) is 0. The van der Waals surface area contributed by atoms with Gasteiger partial charge in [-0.2, -0.15) is 0 Å². The van der Waals surface area contributed by atoms with Gasteiger partial charge in [0, 0.05) is 50.5 Å². The third-order valence-electron chi connectivity index (χ3n) is 3.38. The average Bonchev–Trinajstić information content (AvgIpc) is 2.49. The summed E-state index contributed by atoms with van der Waals surface area (Å²) in [5, 5.41) is 0. The Balaban J connectivity index is 1.72. The van der Waals surface area contributed by atoms with Crippen LogP contribution >= 0.6 is 31.9 Å². The number of halogens is 2. The van der Waals surface area contributed by atoms with Gasteiger partial charge in [-0.25, -0.2) is 19.9 Å². The Bertz CT molecular complexity index is 603. The van der Waals surface area contributed by atoms with Gasteiger partial charge in [-0.05, 0) is 38.8 Å². The van der Waals surface area contributed by atoms with Crippen molar-refractivity contribution in [1.29, 1.82) is 0 Å². The highest BCUT2D eigenvalue weighted by atomic mass is 79.9. The van der Waals surface area contributed by atoms with Crippen molar-refractivity contribution in [3.8, 4) is 0 Å². The molecule has 0 aromatic carbocycles. The van der Waals surface area contributed by atoms with Gasteiger partial charge in [0.15, 0.2) is 0 Å². The fourth-order valence-electron chi connectivity index (χ4n) is 2.36. The van der Waals surface area contributed by atoms with Gasteiger partial charge >= 0.3 is 0 Å². The first-order valence-electron chi connectivity index (χ1n) is 6.60. The predicted octanol–water partition coefficient (Wildman–Crippen LogP) is 2.51. The third kappa shape index (κ3) is 3.32. The van der Waals surface area contributed by atoms with Crippen LogP contribution < -0.4 is 9.80 Å². The largest absolute Gasteiger partial charge is 0.337 e. The van der Waals surface area contributed by atoms with Crippen LogP contribution in [-0.2, 0) is 0 Å². The summed E-state index contributed by atoms with van der Waals surface area (Å²) >= 11 is 6.71. The number of piperazine rings is 1. The Kier molecular flexibility index (Phi) is 4.34. The molecule has 110 valence electrons. The van der Waals surface area contributed by atoms with Gasteiger partial charge in [-0.15, -0.1) is 0 Å². The lowest BCUT2D eigenvalue weighted by atomic mass is 10.2. The predicted molar refractivity (Wildman–Crippen MR) is 88.5 cm³/mol. The van der Waals surface area contributed by atoms with Crippen LogP contribution in [0.15, 0.2) is 33.7 Å². The number of hydrogen-bond acceptors (Lipinski definition) is 6. The fourth-order valence-corrected chi connectivity index (χ4v) is 2.77. The molecule has 6 nitrogen and oxygen atoms in total. The Labute approximate surface area is 139 Å². The topological polar surface area (TPSA) is 58.0 Å². The molecule has 1 aliphatic heterocycles. The Hall–Kier alpha value is -1.28. The third-order valence-corrected chi connectivity index (χ3v) is 4.20. The Morgan fingerprint density at radius 2 is 1.43 bits per heavy atom. The Morgan fingerprint density at radius 3 is 1.95 bits per heavy atom. The van der Waals surface area contributed by atoms with E-state index in [0.29, 0.717) is 6.04 Å². The molecule has 1 aliphatic rings. The van der Waals surface area contributed by atoms with Crippen LogP contribution in [0.3, 0.4) is 0 Å². The maximum atomic E-state index is 4.37. The van der Waals surface area contributed by atoms with Crippen LogP contribution in [0.1, 0.15) is 6.92 Å². The molecular formula is C13H14Br2N6. The van der Waals surface area contributed by atoms with Gasteiger partial charge in [0.1, 0.15) is 0 Å². The Morgan fingerprint density at radius 1 is 0.905 bits per heavy atom. The molecule has 0 amide bonds. The molecule has 1 atom stereocenters. The minimum absolute atomic E-state index is 0.298. The molecule has 3 heterocycles. The van der Waals surface area contributed by atoms with Gasteiger partial charge in [0.25, 0.3) is 0 Å². The molecule has 0 aliphatic carbocycles. The second-order valence-corrected chi connectivity index (χ2v) is 6.72. The van der Waals surface area contributed by atoms with Crippen molar-refractivity contribution in [2.45, 2.75) is 13.0 Å². The monoisotopic (exact) mass is 412 g/mol. The lowest BCUT2D eigenvalue weighted by Gasteiger charge is -2.39. The van der Waals surface area contributed by atoms with Crippen LogP contribution in [0.25, 0.3) is 0 Å². The summed E-state index contributed by atoms with van der Waals surface area (Å²) in [6, 6.07) is 0.298. The van der Waals surface area contributed by atoms with Crippen molar-refractivity contribution in [3.63, 3.8) is 0 Å². The summed E-state index contributed by atoms with van der Waals surface area (Å²) in [5.41, 5.74) is 0. The van der Waals surface area contributed by atoms with E-state index in [4.69, 9.17) is 0 Å². The van der Waals surface area contributed by atoms with Crippen LogP contribution in [0.4, 0.5) is 11.9 Å². The molecule has 1 fully saturated rings. The van der Waals surface area contributed by atoms with Gasteiger partial charge in [-0.3, -0.25) is 0 Å². The minimum atomic E-state index is 0.298. The molecule has 3 rings (SSSR count). The summed E-state index contributed by atoms with van der Waals surface area (Å²) in [6.07, 6.45) is 7.10. The van der Waals surface area contributed by atoms with E-state index >= 15 is 0 Å². The number of nitrogens with zero attached hydrogens (tertiary/aromatic N) is 6. The van der Waals surface area contributed by atoms with E-state index in [1.807, 2.05) is 0 Å². The second-order valence-electron chi connectivity index (χ2n) is 4.89. The first kappa shape index (κ1) is 14.6. The van der Waals surface area contributed by atoms with Gasteiger partial charge < -0.3 is 9.80 Å². The molecule has 1 saturated heterocycles. The van der Waals surface area contributed by atoms with Crippen molar-refractivity contribution in [2.24, 2.45) is 0 Å². The molecule has 0 N–H and O–H groups in total. The lowest BCUT2D eigenvalue weighted by Crippen LogP contribution is -2.53. The summed E-state index contributed by atoms with van der Waals surface area (Å²) in [4.78, 5) is 21.9. The van der Waals surface area contributed by atoms with Crippen LogP contribution in [0.5, 0.6) is 0 Å². The van der Waals surface area contributed by atoms with Crippen molar-refractivity contribution in [2.75, 3.05) is 29.4 Å². The van der Waals surface area contributed by atoms with E-state index in [1.165, 1.54) is 0 Å². The molecule has 2 aromatic heterocycles. The summed E-state index contributed by atoms with van der Waals surface area (Å²) < 4.78 is 1.78. The standard InChI is InChI=1S/C13H14Br2N6/c1-9-8-20(12-16-4-10(14)5-17-12)2-3-21(9)13-18-6-11(15)7-19-13/h4-7,9H,2-3,8H2,1H3/t9-/m0/s1. The van der Waals surface area contributed by atoms with Crippen molar-refractivity contribution >= 4 is 43.8 Å². The average molecular weight is 414 g/mol. The van der Waals surface area contributed by atoms with Crippen LogP contribution in [-0.4, -0.2) is 45.6 Å². The SMILES string of the molecule is C[C@H]1CN(c2ncc(Br)cn2)CCN1c1ncc(Br)cn1. The highest BCUT2D eigenvalue weighted by molar-refractivity contribution is 9.10. The van der Waals surface area contributed by atoms with Gasteiger partial charge in [0.05, 0.1) is 8.95 Å². The smallest absolute Gasteiger partial charge is 0.225 e. The molecule has 0 radical (unpaired) electrons. The van der Waals surface area contributed by atoms with Crippen molar-refractivity contribution in [1.82, 2.24) is 19.9 Å². The first-order valence-corrected chi connectivity index (χ1v) is 8.19. The van der Waals surface area contributed by atoms with Gasteiger partial charge in [0.2, 0.25) is 11.9 Å². The van der Waals surface area contributed by atoms with Crippen molar-refractivity contribution < 1.29 is 0 Å². The zero-order chi connectivity index (χ0) is 14.8. The summed E-state index contributed by atoms with van der Waals surface area (Å²) in [7, 11) is 0. The zero-order valence-electron chi connectivity index (χ0n) is 11.4. The summed E-state index contributed by atoms with van der Waals surface area (Å²) in [6.45, 7) is 4.71. The molecule has 0 unspecified atom stereocenters. The van der Waals surface area contributed by atoms with Crippen molar-refractivity contribution in [3.05, 3.63) is 33.7 Å². The lowest BCUT2D eigenvalue weighted by molar-refractivity contribution is 0.533. The quantitative estimate of drug-likeness (QED) is 0.753. The molecule has 0 spiro atoms.